The first-order valence-corrected chi connectivity index (χ1v) is 6.31. The van der Waals surface area contributed by atoms with Gasteiger partial charge in [-0.2, -0.15) is 4.98 Å². The molecule has 0 bridgehead atoms. The third-order valence-electron chi connectivity index (χ3n) is 3.14. The molecule has 0 saturated carbocycles. The van der Waals surface area contributed by atoms with Gasteiger partial charge in [0.25, 0.3) is 5.89 Å². The molecule has 18 heavy (non-hydrogen) atoms. The lowest BCUT2D eigenvalue weighted by Gasteiger charge is -2.06. The topological polar surface area (TPSA) is 64.9 Å². The quantitative estimate of drug-likeness (QED) is 0.839. The van der Waals surface area contributed by atoms with Crippen LogP contribution in [0.2, 0.25) is 0 Å². The van der Waals surface area contributed by atoms with Gasteiger partial charge in [0.05, 0.1) is 0 Å². The first-order valence-electron chi connectivity index (χ1n) is 6.31. The van der Waals surface area contributed by atoms with E-state index in [-0.39, 0.29) is 0 Å². The fraction of sp³-hybridized carbons (Fsp3) is 0.429. The average Bonchev–Trinajstić information content (AvgIpc) is 2.79. The van der Waals surface area contributed by atoms with Gasteiger partial charge in [-0.3, -0.25) is 0 Å². The van der Waals surface area contributed by atoms with Crippen LogP contribution in [0.5, 0.6) is 0 Å². The van der Waals surface area contributed by atoms with E-state index in [0.29, 0.717) is 5.89 Å². The maximum atomic E-state index is 5.86. The number of anilines is 1. The third kappa shape index (κ3) is 2.53. The van der Waals surface area contributed by atoms with Gasteiger partial charge in [0.1, 0.15) is 0 Å². The van der Waals surface area contributed by atoms with Crippen molar-refractivity contribution in [3.8, 4) is 11.5 Å². The number of hydrogen-bond acceptors (Lipinski definition) is 4. The summed E-state index contributed by atoms with van der Waals surface area (Å²) in [7, 11) is 0. The predicted molar refractivity (Wildman–Crippen MR) is 72.2 cm³/mol. The van der Waals surface area contributed by atoms with Crippen molar-refractivity contribution < 1.29 is 4.52 Å². The monoisotopic (exact) mass is 245 g/mol. The average molecular weight is 245 g/mol. The molecule has 0 aliphatic rings. The van der Waals surface area contributed by atoms with E-state index in [1.54, 1.807) is 0 Å². The Balaban J connectivity index is 2.34. The van der Waals surface area contributed by atoms with Crippen LogP contribution < -0.4 is 5.73 Å². The van der Waals surface area contributed by atoms with Gasteiger partial charge in [-0.1, -0.05) is 18.5 Å². The molecule has 96 valence electrons. The standard InChI is InChI=1S/C14H19N3O/c1-4-5-6-13-16-14(18-17-13)12-8-11(15)7-9(2)10(12)3/h7-8H,4-6,15H2,1-3H3. The van der Waals surface area contributed by atoms with Crippen LogP contribution >= 0.6 is 0 Å². The highest BCUT2D eigenvalue weighted by Crippen LogP contribution is 2.27. The van der Waals surface area contributed by atoms with Crippen molar-refractivity contribution in [3.63, 3.8) is 0 Å². The molecule has 0 saturated heterocycles. The Labute approximate surface area is 107 Å². The van der Waals surface area contributed by atoms with E-state index in [4.69, 9.17) is 10.3 Å². The molecular weight excluding hydrogens is 226 g/mol. The lowest BCUT2D eigenvalue weighted by atomic mass is 10.0. The first-order chi connectivity index (χ1) is 8.61. The highest BCUT2D eigenvalue weighted by atomic mass is 16.5. The number of nitrogens with two attached hydrogens (primary N) is 1. The minimum atomic E-state index is 0.564. The SMILES string of the molecule is CCCCc1noc(-c2cc(N)cc(C)c2C)n1. The van der Waals surface area contributed by atoms with Gasteiger partial charge in [0.15, 0.2) is 5.82 Å². The maximum absolute atomic E-state index is 5.86. The van der Waals surface area contributed by atoms with E-state index >= 15 is 0 Å². The second-order valence-electron chi connectivity index (χ2n) is 4.63. The van der Waals surface area contributed by atoms with Crippen molar-refractivity contribution in [2.24, 2.45) is 0 Å². The molecule has 1 heterocycles. The van der Waals surface area contributed by atoms with Crippen LogP contribution in [-0.4, -0.2) is 10.1 Å². The molecule has 0 spiro atoms. The number of unbranched alkanes of at least 4 members (excludes halogenated alkanes) is 1. The molecular formula is C14H19N3O. The largest absolute Gasteiger partial charge is 0.399 e. The molecule has 2 rings (SSSR count). The number of hydrogen-bond donors (Lipinski definition) is 1. The number of nitrogen functional groups attached to an aromatic ring is 1. The third-order valence-corrected chi connectivity index (χ3v) is 3.14. The molecule has 4 nitrogen and oxygen atoms in total. The Morgan fingerprint density at radius 2 is 2.06 bits per heavy atom. The van der Waals surface area contributed by atoms with Crippen LogP contribution in [0.1, 0.15) is 36.7 Å². The minimum absolute atomic E-state index is 0.564. The van der Waals surface area contributed by atoms with Crippen molar-refractivity contribution in [2.45, 2.75) is 40.0 Å². The molecule has 0 amide bonds. The van der Waals surface area contributed by atoms with E-state index in [0.717, 1.165) is 47.5 Å². The molecule has 0 fully saturated rings. The molecule has 1 aromatic carbocycles. The zero-order valence-corrected chi connectivity index (χ0v) is 11.2. The summed E-state index contributed by atoms with van der Waals surface area (Å²) in [6, 6.07) is 3.84. The molecule has 2 N–H and O–H groups in total. The van der Waals surface area contributed by atoms with Crippen molar-refractivity contribution in [2.75, 3.05) is 5.73 Å². The molecule has 4 heteroatoms. The van der Waals surface area contributed by atoms with Crippen LogP contribution in [0.25, 0.3) is 11.5 Å². The van der Waals surface area contributed by atoms with E-state index < -0.39 is 0 Å². The van der Waals surface area contributed by atoms with Crippen molar-refractivity contribution in [1.82, 2.24) is 10.1 Å². The first kappa shape index (κ1) is 12.6. The van der Waals surface area contributed by atoms with Crippen LogP contribution in [0.4, 0.5) is 5.69 Å². The van der Waals surface area contributed by atoms with Crippen molar-refractivity contribution in [1.29, 1.82) is 0 Å². The second-order valence-corrected chi connectivity index (χ2v) is 4.63. The fourth-order valence-electron chi connectivity index (χ4n) is 1.91. The fourth-order valence-corrected chi connectivity index (χ4v) is 1.91. The Morgan fingerprint density at radius 3 is 2.78 bits per heavy atom. The van der Waals surface area contributed by atoms with Crippen molar-refractivity contribution in [3.05, 3.63) is 29.1 Å². The van der Waals surface area contributed by atoms with Crippen molar-refractivity contribution >= 4 is 5.69 Å². The Hall–Kier alpha value is -1.84. The summed E-state index contributed by atoms with van der Waals surface area (Å²) in [5, 5.41) is 4.00. The smallest absolute Gasteiger partial charge is 0.258 e. The molecule has 0 radical (unpaired) electrons. The van der Waals surface area contributed by atoms with Crippen LogP contribution in [0, 0.1) is 13.8 Å². The van der Waals surface area contributed by atoms with E-state index in [1.807, 2.05) is 26.0 Å². The normalized spacial score (nSPS) is 10.8. The van der Waals surface area contributed by atoms with Crippen LogP contribution in [0.15, 0.2) is 16.7 Å². The summed E-state index contributed by atoms with van der Waals surface area (Å²) in [6.07, 6.45) is 3.06. The van der Waals surface area contributed by atoms with Gasteiger partial charge in [0, 0.05) is 17.7 Å². The number of rotatable bonds is 4. The second kappa shape index (κ2) is 5.21. The lowest BCUT2D eigenvalue weighted by molar-refractivity contribution is 0.421. The lowest BCUT2D eigenvalue weighted by Crippen LogP contribution is -1.93. The Bertz CT molecular complexity index is 546. The molecule has 0 aliphatic carbocycles. The molecule has 0 unspecified atom stereocenters. The van der Waals surface area contributed by atoms with Gasteiger partial charge in [-0.25, -0.2) is 0 Å². The van der Waals surface area contributed by atoms with Gasteiger partial charge in [-0.15, -0.1) is 0 Å². The molecule has 2 aromatic rings. The zero-order chi connectivity index (χ0) is 13.1. The summed E-state index contributed by atoms with van der Waals surface area (Å²) in [4.78, 5) is 4.43. The number of aromatic nitrogens is 2. The maximum Gasteiger partial charge on any atom is 0.258 e. The van der Waals surface area contributed by atoms with Gasteiger partial charge in [0.2, 0.25) is 0 Å². The number of benzene rings is 1. The van der Waals surface area contributed by atoms with E-state index in [9.17, 15) is 0 Å². The molecule has 0 atom stereocenters. The van der Waals surface area contributed by atoms with Gasteiger partial charge >= 0.3 is 0 Å². The summed E-state index contributed by atoms with van der Waals surface area (Å²) in [5.41, 5.74) is 9.79. The summed E-state index contributed by atoms with van der Waals surface area (Å²) in [6.45, 7) is 6.22. The highest BCUT2D eigenvalue weighted by molar-refractivity contribution is 5.66. The summed E-state index contributed by atoms with van der Waals surface area (Å²) in [5.74, 6) is 1.33. The molecule has 1 aromatic heterocycles. The van der Waals surface area contributed by atoms with E-state index in [2.05, 4.69) is 17.1 Å². The number of aryl methyl sites for hydroxylation is 2. The Kier molecular flexibility index (Phi) is 3.65. The van der Waals surface area contributed by atoms with Gasteiger partial charge in [-0.05, 0) is 43.5 Å². The number of nitrogens with zero attached hydrogens (tertiary/aromatic N) is 2. The Morgan fingerprint density at radius 1 is 1.28 bits per heavy atom. The summed E-state index contributed by atoms with van der Waals surface area (Å²) < 4.78 is 5.32. The van der Waals surface area contributed by atoms with Gasteiger partial charge < -0.3 is 10.3 Å². The summed E-state index contributed by atoms with van der Waals surface area (Å²) >= 11 is 0. The minimum Gasteiger partial charge on any atom is -0.399 e. The van der Waals surface area contributed by atoms with Crippen LogP contribution in [0.3, 0.4) is 0 Å². The zero-order valence-electron chi connectivity index (χ0n) is 11.2. The highest BCUT2D eigenvalue weighted by Gasteiger charge is 2.13. The molecule has 0 aliphatic heterocycles. The van der Waals surface area contributed by atoms with E-state index in [1.165, 1.54) is 0 Å². The predicted octanol–water partition coefficient (Wildman–Crippen LogP) is 3.28. The van der Waals surface area contributed by atoms with Crippen LogP contribution in [-0.2, 0) is 6.42 Å².